The van der Waals surface area contributed by atoms with Gasteiger partial charge in [-0.15, -0.1) is 0 Å². The zero-order valence-electron chi connectivity index (χ0n) is 11.8. The normalized spacial score (nSPS) is 19.6. The van der Waals surface area contributed by atoms with E-state index in [1.807, 2.05) is 7.05 Å². The summed E-state index contributed by atoms with van der Waals surface area (Å²) in [5, 5.41) is 0. The van der Waals surface area contributed by atoms with Crippen molar-refractivity contribution >= 4 is 5.91 Å². The Hall–Kier alpha value is -1.39. The summed E-state index contributed by atoms with van der Waals surface area (Å²) in [5.74, 6) is 0.162. The van der Waals surface area contributed by atoms with Crippen molar-refractivity contribution in [3.05, 3.63) is 35.4 Å². The first-order valence-electron chi connectivity index (χ1n) is 6.82. The van der Waals surface area contributed by atoms with Crippen LogP contribution in [0.5, 0.6) is 0 Å². The molecule has 19 heavy (non-hydrogen) atoms. The first kappa shape index (κ1) is 14.0. The Kier molecular flexibility index (Phi) is 4.56. The number of nitrogens with two attached hydrogens (primary N) is 1. The van der Waals surface area contributed by atoms with Gasteiger partial charge in [0.15, 0.2) is 0 Å². The van der Waals surface area contributed by atoms with Gasteiger partial charge in [0.2, 0.25) is 5.91 Å². The summed E-state index contributed by atoms with van der Waals surface area (Å²) in [4.78, 5) is 16.0. The lowest BCUT2D eigenvalue weighted by Gasteiger charge is -2.21. The van der Waals surface area contributed by atoms with Gasteiger partial charge in [-0.2, -0.15) is 0 Å². The van der Waals surface area contributed by atoms with E-state index in [1.165, 1.54) is 11.1 Å². The fourth-order valence-electron chi connectivity index (χ4n) is 2.37. The third kappa shape index (κ3) is 4.04. The fourth-order valence-corrected chi connectivity index (χ4v) is 2.37. The Morgan fingerprint density at radius 1 is 1.42 bits per heavy atom. The van der Waals surface area contributed by atoms with Crippen LogP contribution in [0.4, 0.5) is 0 Å². The second-order valence-corrected chi connectivity index (χ2v) is 5.52. The molecule has 104 valence electrons. The first-order valence-corrected chi connectivity index (χ1v) is 6.82. The van der Waals surface area contributed by atoms with Gasteiger partial charge in [0, 0.05) is 32.7 Å². The average Bonchev–Trinajstić information content (AvgIpc) is 2.77. The van der Waals surface area contributed by atoms with Crippen molar-refractivity contribution in [1.29, 1.82) is 0 Å². The third-order valence-corrected chi connectivity index (χ3v) is 3.63. The van der Waals surface area contributed by atoms with Crippen molar-refractivity contribution in [2.75, 3.05) is 26.7 Å². The molecule has 4 nitrogen and oxygen atoms in total. The minimum Gasteiger partial charge on any atom is -0.340 e. The summed E-state index contributed by atoms with van der Waals surface area (Å²) in [5.41, 5.74) is 8.25. The van der Waals surface area contributed by atoms with E-state index in [0.717, 1.165) is 19.5 Å². The van der Waals surface area contributed by atoms with Crippen molar-refractivity contribution in [2.24, 2.45) is 5.73 Å². The number of carbonyl (C=O) groups excluding carboxylic acids is 1. The molecule has 1 aromatic carbocycles. The molecule has 2 rings (SSSR count). The molecule has 0 radical (unpaired) electrons. The molecule has 0 bridgehead atoms. The average molecular weight is 261 g/mol. The van der Waals surface area contributed by atoms with Crippen LogP contribution in [0.25, 0.3) is 0 Å². The van der Waals surface area contributed by atoms with Gasteiger partial charge in [-0.25, -0.2) is 0 Å². The number of likely N-dealkylation sites (tertiary alicyclic amines) is 1. The first-order chi connectivity index (χ1) is 9.04. The lowest BCUT2D eigenvalue weighted by Crippen LogP contribution is -2.38. The number of nitrogens with zero attached hydrogens (tertiary/aromatic N) is 2. The molecule has 0 aliphatic carbocycles. The van der Waals surface area contributed by atoms with Crippen LogP contribution in [0.15, 0.2) is 24.3 Å². The van der Waals surface area contributed by atoms with Gasteiger partial charge in [0.25, 0.3) is 0 Å². The molecule has 2 N–H and O–H groups in total. The molecular formula is C15H23N3O. The smallest absolute Gasteiger partial charge is 0.236 e. The highest BCUT2D eigenvalue weighted by Crippen LogP contribution is 2.09. The van der Waals surface area contributed by atoms with E-state index in [-0.39, 0.29) is 11.9 Å². The second kappa shape index (κ2) is 6.17. The minimum absolute atomic E-state index is 0.162. The molecule has 0 unspecified atom stereocenters. The van der Waals surface area contributed by atoms with Gasteiger partial charge in [-0.3, -0.25) is 9.69 Å². The highest BCUT2D eigenvalue weighted by atomic mass is 16.2. The maximum Gasteiger partial charge on any atom is 0.236 e. The van der Waals surface area contributed by atoms with Crippen LogP contribution in [0.3, 0.4) is 0 Å². The van der Waals surface area contributed by atoms with Crippen molar-refractivity contribution in [1.82, 2.24) is 9.80 Å². The van der Waals surface area contributed by atoms with Gasteiger partial charge in [0.1, 0.15) is 0 Å². The highest BCUT2D eigenvalue weighted by molar-refractivity contribution is 5.78. The number of hydrogen-bond donors (Lipinski definition) is 1. The lowest BCUT2D eigenvalue weighted by molar-refractivity contribution is -0.131. The Bertz CT molecular complexity index is 430. The Morgan fingerprint density at radius 3 is 2.68 bits per heavy atom. The third-order valence-electron chi connectivity index (χ3n) is 3.63. The predicted molar refractivity (Wildman–Crippen MR) is 76.7 cm³/mol. The number of hydrogen-bond acceptors (Lipinski definition) is 3. The fraction of sp³-hybridized carbons (Fsp3) is 0.533. The van der Waals surface area contributed by atoms with Gasteiger partial charge < -0.3 is 10.6 Å². The minimum atomic E-state index is 0.162. The molecule has 4 heteroatoms. The lowest BCUT2D eigenvalue weighted by atomic mass is 10.1. The van der Waals surface area contributed by atoms with E-state index in [4.69, 9.17) is 5.73 Å². The summed E-state index contributed by atoms with van der Waals surface area (Å²) < 4.78 is 0. The Labute approximate surface area is 115 Å². The summed E-state index contributed by atoms with van der Waals surface area (Å²) >= 11 is 0. The predicted octanol–water partition coefficient (Wildman–Crippen LogP) is 0.986. The number of carbonyl (C=O) groups is 1. The van der Waals surface area contributed by atoms with Crippen LogP contribution in [0.1, 0.15) is 17.5 Å². The van der Waals surface area contributed by atoms with Crippen LogP contribution in [-0.4, -0.2) is 48.4 Å². The van der Waals surface area contributed by atoms with Crippen molar-refractivity contribution < 1.29 is 4.79 Å². The SMILES string of the molecule is Cc1ccc(CN(C)C(=O)CN2CC[C@@H](N)C2)cc1. The van der Waals surface area contributed by atoms with Gasteiger partial charge in [0.05, 0.1) is 6.54 Å². The second-order valence-electron chi connectivity index (χ2n) is 5.52. The van der Waals surface area contributed by atoms with Crippen molar-refractivity contribution in [3.63, 3.8) is 0 Å². The number of likely N-dealkylation sites (N-methyl/N-ethyl adjacent to an activating group) is 1. The molecule has 1 aliphatic heterocycles. The molecule has 1 aliphatic rings. The quantitative estimate of drug-likeness (QED) is 0.879. The van der Waals surface area contributed by atoms with E-state index in [1.54, 1.807) is 4.90 Å². The maximum atomic E-state index is 12.1. The number of benzene rings is 1. The monoisotopic (exact) mass is 261 g/mol. The number of rotatable bonds is 4. The van der Waals surface area contributed by atoms with Crippen LogP contribution in [-0.2, 0) is 11.3 Å². The summed E-state index contributed by atoms with van der Waals surface area (Å²) in [6.07, 6.45) is 0.995. The molecule has 0 aromatic heterocycles. The molecule has 1 amide bonds. The summed E-state index contributed by atoms with van der Waals surface area (Å²) in [6, 6.07) is 8.53. The van der Waals surface area contributed by atoms with Crippen LogP contribution in [0.2, 0.25) is 0 Å². The molecule has 1 atom stereocenters. The molecule has 1 saturated heterocycles. The van der Waals surface area contributed by atoms with E-state index in [0.29, 0.717) is 13.1 Å². The molecular weight excluding hydrogens is 238 g/mol. The largest absolute Gasteiger partial charge is 0.340 e. The van der Waals surface area contributed by atoms with Gasteiger partial charge in [-0.1, -0.05) is 29.8 Å². The zero-order valence-corrected chi connectivity index (χ0v) is 11.8. The van der Waals surface area contributed by atoms with Crippen LogP contribution < -0.4 is 5.73 Å². The molecule has 0 spiro atoms. The summed E-state index contributed by atoms with van der Waals surface area (Å²) in [6.45, 7) is 4.99. The van der Waals surface area contributed by atoms with Crippen molar-refractivity contribution in [3.8, 4) is 0 Å². The number of aryl methyl sites for hydroxylation is 1. The Morgan fingerprint density at radius 2 is 2.11 bits per heavy atom. The topological polar surface area (TPSA) is 49.6 Å². The van der Waals surface area contributed by atoms with E-state index < -0.39 is 0 Å². The van der Waals surface area contributed by atoms with E-state index in [9.17, 15) is 4.79 Å². The number of amides is 1. The highest BCUT2D eigenvalue weighted by Gasteiger charge is 2.22. The van der Waals surface area contributed by atoms with Crippen molar-refractivity contribution in [2.45, 2.75) is 25.9 Å². The molecule has 1 fully saturated rings. The van der Waals surface area contributed by atoms with Crippen LogP contribution in [0, 0.1) is 6.92 Å². The Balaban J connectivity index is 1.83. The molecule has 1 heterocycles. The standard InChI is InChI=1S/C15H23N3O/c1-12-3-5-13(6-4-12)9-17(2)15(19)11-18-8-7-14(16)10-18/h3-6,14H,7-11,16H2,1-2H3/t14-/m1/s1. The molecule has 1 aromatic rings. The van der Waals surface area contributed by atoms with Gasteiger partial charge >= 0.3 is 0 Å². The van der Waals surface area contributed by atoms with Gasteiger partial charge in [-0.05, 0) is 18.9 Å². The van der Waals surface area contributed by atoms with Crippen LogP contribution >= 0.6 is 0 Å². The zero-order chi connectivity index (χ0) is 13.8. The molecule has 0 saturated carbocycles. The maximum absolute atomic E-state index is 12.1. The van der Waals surface area contributed by atoms with E-state index in [2.05, 4.69) is 36.1 Å². The summed E-state index contributed by atoms with van der Waals surface area (Å²) in [7, 11) is 1.86. The van der Waals surface area contributed by atoms with E-state index >= 15 is 0 Å².